The molecule has 0 aromatic carbocycles. The quantitative estimate of drug-likeness (QED) is 0.227. The predicted octanol–water partition coefficient (Wildman–Crippen LogP) is 0.287. The van der Waals surface area contributed by atoms with E-state index in [0.29, 0.717) is 5.84 Å². The molecule has 54 valence electrons. The first-order valence-electron chi connectivity index (χ1n) is 2.88. The Kier molecular flexibility index (Phi) is 1.57. The molecule has 1 aliphatic heterocycles. The summed E-state index contributed by atoms with van der Waals surface area (Å²) in [6.07, 6.45) is 6.45. The highest BCUT2D eigenvalue weighted by molar-refractivity contribution is 5.88. The van der Waals surface area contributed by atoms with Gasteiger partial charge in [-0.2, -0.15) is 0 Å². The molecule has 2 N–H and O–H groups in total. The third-order valence-electron chi connectivity index (χ3n) is 1.31. The molecule has 0 aromatic rings. The van der Waals surface area contributed by atoms with E-state index in [9.17, 15) is 5.21 Å². The molecule has 0 saturated heterocycles. The van der Waals surface area contributed by atoms with Gasteiger partial charge in [-0.05, 0) is 12.2 Å². The van der Waals surface area contributed by atoms with Crippen LogP contribution in [0.3, 0.4) is 0 Å². The molecular formula is C6H9N3O. The molecule has 0 fully saturated rings. The molecule has 0 aliphatic carbocycles. The van der Waals surface area contributed by atoms with Crippen molar-refractivity contribution in [1.29, 1.82) is 0 Å². The van der Waals surface area contributed by atoms with Crippen molar-refractivity contribution in [2.24, 2.45) is 10.9 Å². The molecule has 1 unspecified atom stereocenters. The zero-order valence-corrected chi connectivity index (χ0v) is 5.69. The second-order valence-corrected chi connectivity index (χ2v) is 2.18. The summed E-state index contributed by atoms with van der Waals surface area (Å²) in [5.41, 5.74) is 0. The standard InChI is InChI=1S/C6H9N3O/c1-9(10)5-3-2-4-6(9)8-7/h2-5H,7H2,1H3. The van der Waals surface area contributed by atoms with Crippen LogP contribution < -0.4 is 5.84 Å². The van der Waals surface area contributed by atoms with E-state index in [-0.39, 0.29) is 0 Å². The fourth-order valence-corrected chi connectivity index (χ4v) is 0.738. The van der Waals surface area contributed by atoms with Gasteiger partial charge < -0.3 is 11.0 Å². The Bertz CT molecular complexity index is 215. The molecule has 1 rings (SSSR count). The van der Waals surface area contributed by atoms with Crippen molar-refractivity contribution < 1.29 is 4.65 Å². The van der Waals surface area contributed by atoms with Crippen molar-refractivity contribution in [1.82, 2.24) is 0 Å². The maximum atomic E-state index is 11.3. The Hall–Kier alpha value is -1.13. The van der Waals surface area contributed by atoms with E-state index in [0.717, 1.165) is 0 Å². The minimum atomic E-state index is -0.632. The third-order valence-corrected chi connectivity index (χ3v) is 1.31. The van der Waals surface area contributed by atoms with Crippen LogP contribution in [0.2, 0.25) is 0 Å². The number of amidine groups is 1. The van der Waals surface area contributed by atoms with E-state index < -0.39 is 4.65 Å². The molecular weight excluding hydrogens is 130 g/mol. The van der Waals surface area contributed by atoms with Gasteiger partial charge in [-0.3, -0.25) is 4.65 Å². The lowest BCUT2D eigenvalue weighted by Crippen LogP contribution is -2.38. The van der Waals surface area contributed by atoms with Crippen molar-refractivity contribution in [3.63, 3.8) is 0 Å². The topological polar surface area (TPSA) is 61.4 Å². The largest absolute Gasteiger partial charge is 0.621 e. The molecule has 1 aliphatic rings. The molecule has 4 heteroatoms. The number of hydroxylamine groups is 3. The van der Waals surface area contributed by atoms with E-state index in [4.69, 9.17) is 5.84 Å². The van der Waals surface area contributed by atoms with Gasteiger partial charge in [0, 0.05) is 6.08 Å². The van der Waals surface area contributed by atoms with Crippen LogP contribution in [0.4, 0.5) is 0 Å². The van der Waals surface area contributed by atoms with Crippen LogP contribution in [-0.4, -0.2) is 17.5 Å². The number of nitrogens with zero attached hydrogens (tertiary/aromatic N) is 2. The minimum absolute atomic E-state index is 0.308. The van der Waals surface area contributed by atoms with Crippen molar-refractivity contribution in [2.45, 2.75) is 0 Å². The molecule has 4 nitrogen and oxygen atoms in total. The third kappa shape index (κ3) is 1.07. The van der Waals surface area contributed by atoms with Crippen LogP contribution in [0.1, 0.15) is 0 Å². The highest BCUT2D eigenvalue weighted by atomic mass is 16.5. The zero-order valence-electron chi connectivity index (χ0n) is 5.69. The second kappa shape index (κ2) is 2.24. The van der Waals surface area contributed by atoms with Gasteiger partial charge in [0.2, 0.25) is 5.84 Å². The van der Waals surface area contributed by atoms with Gasteiger partial charge in [0.05, 0.1) is 7.05 Å². The Labute approximate surface area is 59.1 Å². The normalized spacial score (nSPS) is 35.2. The summed E-state index contributed by atoms with van der Waals surface area (Å²) in [7, 11) is 1.46. The van der Waals surface area contributed by atoms with Crippen molar-refractivity contribution in [2.75, 3.05) is 7.05 Å². The molecule has 0 amide bonds. The first-order chi connectivity index (χ1) is 4.67. The van der Waals surface area contributed by atoms with Crippen LogP contribution in [0.15, 0.2) is 29.5 Å². The summed E-state index contributed by atoms with van der Waals surface area (Å²) in [6, 6.07) is 0. The lowest BCUT2D eigenvalue weighted by Gasteiger charge is -2.33. The lowest BCUT2D eigenvalue weighted by atomic mass is 10.3. The number of rotatable bonds is 0. The number of hydrogen-bond donors (Lipinski definition) is 1. The molecule has 1 heterocycles. The van der Waals surface area contributed by atoms with Gasteiger partial charge in [0.1, 0.15) is 6.20 Å². The maximum Gasteiger partial charge on any atom is 0.248 e. The Morgan fingerprint density at radius 2 is 2.30 bits per heavy atom. The van der Waals surface area contributed by atoms with Gasteiger partial charge in [-0.15, -0.1) is 5.10 Å². The maximum absolute atomic E-state index is 11.3. The summed E-state index contributed by atoms with van der Waals surface area (Å²) in [5.74, 6) is 5.27. The van der Waals surface area contributed by atoms with Crippen LogP contribution in [0, 0.1) is 5.21 Å². The summed E-state index contributed by atoms with van der Waals surface area (Å²) in [5, 5.41) is 14.6. The Balaban J connectivity index is 2.96. The fraction of sp³-hybridized carbons (Fsp3) is 0.167. The summed E-state index contributed by atoms with van der Waals surface area (Å²) >= 11 is 0. The van der Waals surface area contributed by atoms with Crippen molar-refractivity contribution >= 4 is 5.84 Å². The number of hydrogen-bond acceptors (Lipinski definition) is 3. The smallest absolute Gasteiger partial charge is 0.248 e. The summed E-state index contributed by atoms with van der Waals surface area (Å²) in [6.45, 7) is 0. The molecule has 0 aromatic heterocycles. The molecule has 0 bridgehead atoms. The van der Waals surface area contributed by atoms with Crippen LogP contribution in [-0.2, 0) is 0 Å². The number of allylic oxidation sites excluding steroid dienone is 2. The summed E-state index contributed by atoms with van der Waals surface area (Å²) < 4.78 is -0.632. The van der Waals surface area contributed by atoms with E-state index >= 15 is 0 Å². The average Bonchev–Trinajstić information content (AvgIpc) is 1.87. The lowest BCUT2D eigenvalue weighted by molar-refractivity contribution is -0.707. The molecule has 1 atom stereocenters. The highest BCUT2D eigenvalue weighted by Crippen LogP contribution is 2.08. The molecule has 0 saturated carbocycles. The van der Waals surface area contributed by atoms with Gasteiger partial charge in [0.25, 0.3) is 0 Å². The predicted molar refractivity (Wildman–Crippen MR) is 39.5 cm³/mol. The first-order valence-corrected chi connectivity index (χ1v) is 2.88. The van der Waals surface area contributed by atoms with E-state index in [1.54, 1.807) is 18.2 Å². The molecule has 10 heavy (non-hydrogen) atoms. The monoisotopic (exact) mass is 139 g/mol. The Morgan fingerprint density at radius 3 is 2.70 bits per heavy atom. The molecule has 0 spiro atoms. The number of likely N-dealkylation sites (N-methyl/N-ethyl adjacent to an activating group) is 1. The number of quaternary nitrogens is 1. The number of hydrazone groups is 1. The van der Waals surface area contributed by atoms with Crippen LogP contribution in [0.25, 0.3) is 0 Å². The number of nitrogens with two attached hydrogens (primary N) is 1. The van der Waals surface area contributed by atoms with Crippen molar-refractivity contribution in [3.8, 4) is 0 Å². The zero-order chi connectivity index (χ0) is 7.61. The van der Waals surface area contributed by atoms with Gasteiger partial charge >= 0.3 is 0 Å². The summed E-state index contributed by atoms with van der Waals surface area (Å²) in [4.78, 5) is 0. The SMILES string of the molecule is C[N+]1([O-])C=CC=CC1=NN. The van der Waals surface area contributed by atoms with Crippen LogP contribution in [0.5, 0.6) is 0 Å². The fourth-order valence-electron chi connectivity index (χ4n) is 0.738. The first kappa shape index (κ1) is 6.98. The minimum Gasteiger partial charge on any atom is -0.621 e. The van der Waals surface area contributed by atoms with Gasteiger partial charge in [-0.1, -0.05) is 0 Å². The van der Waals surface area contributed by atoms with E-state index in [1.807, 2.05) is 0 Å². The van der Waals surface area contributed by atoms with Gasteiger partial charge in [0.15, 0.2) is 0 Å². The molecule has 0 radical (unpaired) electrons. The van der Waals surface area contributed by atoms with Gasteiger partial charge in [-0.25, -0.2) is 0 Å². The van der Waals surface area contributed by atoms with Crippen LogP contribution >= 0.6 is 0 Å². The van der Waals surface area contributed by atoms with Crippen molar-refractivity contribution in [3.05, 3.63) is 29.6 Å². The second-order valence-electron chi connectivity index (χ2n) is 2.18. The van der Waals surface area contributed by atoms with E-state index in [2.05, 4.69) is 5.10 Å². The Morgan fingerprint density at radius 1 is 1.60 bits per heavy atom. The highest BCUT2D eigenvalue weighted by Gasteiger charge is 2.15. The average molecular weight is 139 g/mol. The van der Waals surface area contributed by atoms with E-state index in [1.165, 1.54) is 13.2 Å².